The van der Waals surface area contributed by atoms with Gasteiger partial charge in [-0.3, -0.25) is 9.59 Å². The number of methoxy groups -OCH3 is 1. The number of aryl methyl sites for hydroxylation is 1. The van der Waals surface area contributed by atoms with Crippen LogP contribution in [0.5, 0.6) is 5.75 Å². The number of rotatable bonds is 9. The smallest absolute Gasteiger partial charge is 0.249 e. The predicted octanol–water partition coefficient (Wildman–Crippen LogP) is 3.22. The van der Waals surface area contributed by atoms with Gasteiger partial charge in [0.1, 0.15) is 19.0 Å². The fourth-order valence-electron chi connectivity index (χ4n) is 4.52. The normalized spacial score (nSPS) is 19.9. The number of benzene rings is 1. The van der Waals surface area contributed by atoms with Gasteiger partial charge < -0.3 is 24.0 Å². The van der Waals surface area contributed by atoms with Gasteiger partial charge in [-0.25, -0.2) is 0 Å². The first kappa shape index (κ1) is 23.7. The molecular formula is C25H32N2O5S. The van der Waals surface area contributed by atoms with Crippen molar-refractivity contribution in [3.8, 4) is 5.75 Å². The summed E-state index contributed by atoms with van der Waals surface area (Å²) < 4.78 is 16.9. The van der Waals surface area contributed by atoms with E-state index in [0.29, 0.717) is 26.3 Å². The van der Waals surface area contributed by atoms with E-state index in [2.05, 4.69) is 11.4 Å². The number of carbonyl (C=O) groups excluding carboxylic acids is 2. The summed E-state index contributed by atoms with van der Waals surface area (Å²) in [7, 11) is 1.49. The van der Waals surface area contributed by atoms with Crippen molar-refractivity contribution < 1.29 is 23.8 Å². The first-order valence-electron chi connectivity index (χ1n) is 11.5. The van der Waals surface area contributed by atoms with Gasteiger partial charge in [0.15, 0.2) is 0 Å². The molecule has 1 saturated heterocycles. The molecule has 1 fully saturated rings. The Morgan fingerprint density at radius 2 is 2.12 bits per heavy atom. The summed E-state index contributed by atoms with van der Waals surface area (Å²) >= 11 is 1.72. The van der Waals surface area contributed by atoms with Crippen molar-refractivity contribution in [3.63, 3.8) is 0 Å². The van der Waals surface area contributed by atoms with Crippen molar-refractivity contribution in [1.82, 2.24) is 9.80 Å². The van der Waals surface area contributed by atoms with Gasteiger partial charge in [-0.1, -0.05) is 18.2 Å². The van der Waals surface area contributed by atoms with Crippen LogP contribution in [0.1, 0.15) is 34.9 Å². The average molecular weight is 473 g/mol. The zero-order valence-corrected chi connectivity index (χ0v) is 20.1. The van der Waals surface area contributed by atoms with Gasteiger partial charge in [-0.05, 0) is 54.8 Å². The lowest BCUT2D eigenvalue weighted by molar-refractivity contribution is -0.145. The van der Waals surface area contributed by atoms with Crippen LogP contribution in [0.2, 0.25) is 0 Å². The Balaban J connectivity index is 1.49. The average Bonchev–Trinajstić information content (AvgIpc) is 3.50. The van der Waals surface area contributed by atoms with E-state index in [-0.39, 0.29) is 37.1 Å². The van der Waals surface area contributed by atoms with Crippen LogP contribution in [0, 0.1) is 6.92 Å². The van der Waals surface area contributed by atoms with Crippen molar-refractivity contribution in [2.24, 2.45) is 0 Å². The summed E-state index contributed by atoms with van der Waals surface area (Å²) in [5.74, 6) is 0.553. The van der Waals surface area contributed by atoms with E-state index in [1.54, 1.807) is 16.2 Å². The Kier molecular flexibility index (Phi) is 8.01. The minimum Gasteiger partial charge on any atom is -0.491 e. The van der Waals surface area contributed by atoms with Gasteiger partial charge in [-0.2, -0.15) is 0 Å². The van der Waals surface area contributed by atoms with Crippen LogP contribution in [-0.4, -0.2) is 74.3 Å². The number of ether oxygens (including phenoxy) is 3. The molecule has 33 heavy (non-hydrogen) atoms. The van der Waals surface area contributed by atoms with E-state index in [9.17, 15) is 9.59 Å². The standard InChI is InChI=1S/C25H32N2O5S/c1-18-6-3-4-8-22(18)32-16-21-20-10-13-33-23(20)9-11-27(21)24(28)15-26(25(29)17-30-2)14-19-7-5-12-31-19/h3-4,6,8,10,13,19,21H,5,7,9,11-12,14-17H2,1-2H3/t19-,21-/m0/s1. The predicted molar refractivity (Wildman–Crippen MR) is 127 cm³/mol. The van der Waals surface area contributed by atoms with Crippen LogP contribution in [0.3, 0.4) is 0 Å². The molecule has 178 valence electrons. The molecule has 2 atom stereocenters. The zero-order valence-electron chi connectivity index (χ0n) is 19.3. The van der Waals surface area contributed by atoms with E-state index in [0.717, 1.165) is 36.1 Å². The van der Waals surface area contributed by atoms with E-state index in [1.165, 1.54) is 12.0 Å². The Morgan fingerprint density at radius 3 is 2.88 bits per heavy atom. The summed E-state index contributed by atoms with van der Waals surface area (Å²) in [6, 6.07) is 9.80. The molecule has 7 nitrogen and oxygen atoms in total. The molecule has 0 unspecified atom stereocenters. The molecule has 0 bridgehead atoms. The van der Waals surface area contributed by atoms with Crippen LogP contribution in [-0.2, 0) is 25.5 Å². The number of para-hydroxylation sites is 1. The van der Waals surface area contributed by atoms with Crippen molar-refractivity contribution in [3.05, 3.63) is 51.7 Å². The van der Waals surface area contributed by atoms with Crippen molar-refractivity contribution in [2.45, 2.75) is 38.3 Å². The molecule has 0 spiro atoms. The SMILES string of the molecule is COCC(=O)N(CC(=O)N1CCc2sccc2[C@@H]1COc1ccccc1C)C[C@@H]1CCCO1. The molecule has 2 aromatic rings. The highest BCUT2D eigenvalue weighted by atomic mass is 32.1. The molecule has 0 radical (unpaired) electrons. The maximum Gasteiger partial charge on any atom is 0.249 e. The van der Waals surface area contributed by atoms with Crippen molar-refractivity contribution in [2.75, 3.05) is 46.6 Å². The number of carbonyl (C=O) groups is 2. The molecule has 8 heteroatoms. The molecule has 2 aliphatic heterocycles. The largest absolute Gasteiger partial charge is 0.491 e. The van der Waals surface area contributed by atoms with Crippen molar-refractivity contribution in [1.29, 1.82) is 0 Å². The number of hydrogen-bond acceptors (Lipinski definition) is 6. The van der Waals surface area contributed by atoms with Crippen LogP contribution >= 0.6 is 11.3 Å². The summed E-state index contributed by atoms with van der Waals surface area (Å²) in [4.78, 5) is 31.0. The van der Waals surface area contributed by atoms with Gasteiger partial charge >= 0.3 is 0 Å². The van der Waals surface area contributed by atoms with Crippen LogP contribution in [0.25, 0.3) is 0 Å². The Labute approximate surface area is 199 Å². The lowest BCUT2D eigenvalue weighted by Gasteiger charge is -2.37. The molecule has 0 N–H and O–H groups in total. The monoisotopic (exact) mass is 472 g/mol. The molecular weight excluding hydrogens is 440 g/mol. The van der Waals surface area contributed by atoms with E-state index in [4.69, 9.17) is 14.2 Å². The van der Waals surface area contributed by atoms with Gasteiger partial charge in [-0.15, -0.1) is 11.3 Å². The van der Waals surface area contributed by atoms with Crippen LogP contribution in [0.15, 0.2) is 35.7 Å². The second-order valence-corrected chi connectivity index (χ2v) is 9.57. The number of amides is 2. The zero-order chi connectivity index (χ0) is 23.2. The van der Waals surface area contributed by atoms with E-state index in [1.807, 2.05) is 36.1 Å². The molecule has 4 rings (SSSR count). The molecule has 2 aliphatic rings. The Hall–Kier alpha value is -2.42. The fourth-order valence-corrected chi connectivity index (χ4v) is 5.45. The first-order chi connectivity index (χ1) is 16.1. The number of fused-ring (bicyclic) bond motifs is 1. The maximum absolute atomic E-state index is 13.5. The van der Waals surface area contributed by atoms with Crippen molar-refractivity contribution >= 4 is 23.2 Å². The third kappa shape index (κ3) is 5.75. The maximum atomic E-state index is 13.5. The molecule has 1 aromatic heterocycles. The molecule has 2 amide bonds. The highest BCUT2D eigenvalue weighted by Crippen LogP contribution is 2.34. The first-order valence-corrected chi connectivity index (χ1v) is 12.4. The second kappa shape index (κ2) is 11.1. The summed E-state index contributed by atoms with van der Waals surface area (Å²) in [6.45, 7) is 4.08. The summed E-state index contributed by atoms with van der Waals surface area (Å²) in [6.07, 6.45) is 2.68. The van der Waals surface area contributed by atoms with Crippen LogP contribution in [0.4, 0.5) is 0 Å². The third-order valence-electron chi connectivity index (χ3n) is 6.30. The Bertz CT molecular complexity index is 956. The number of hydrogen-bond donors (Lipinski definition) is 0. The fraction of sp³-hybridized carbons (Fsp3) is 0.520. The van der Waals surface area contributed by atoms with Crippen LogP contribution < -0.4 is 4.74 Å². The minimum absolute atomic E-state index is 0.0163. The van der Waals surface area contributed by atoms with E-state index >= 15 is 0 Å². The van der Waals surface area contributed by atoms with Gasteiger partial charge in [0.05, 0.1) is 18.7 Å². The quantitative estimate of drug-likeness (QED) is 0.561. The topological polar surface area (TPSA) is 68.3 Å². The van der Waals surface area contributed by atoms with Gasteiger partial charge in [0, 0.05) is 31.7 Å². The molecule has 1 aromatic carbocycles. The molecule has 0 saturated carbocycles. The molecule has 0 aliphatic carbocycles. The summed E-state index contributed by atoms with van der Waals surface area (Å²) in [5, 5.41) is 2.07. The Morgan fingerprint density at radius 1 is 1.27 bits per heavy atom. The summed E-state index contributed by atoms with van der Waals surface area (Å²) in [5.41, 5.74) is 2.20. The van der Waals surface area contributed by atoms with E-state index < -0.39 is 0 Å². The number of nitrogens with zero attached hydrogens (tertiary/aromatic N) is 2. The lowest BCUT2D eigenvalue weighted by atomic mass is 10.00. The van der Waals surface area contributed by atoms with Gasteiger partial charge in [0.25, 0.3) is 0 Å². The third-order valence-corrected chi connectivity index (χ3v) is 7.30. The molecule has 3 heterocycles. The highest BCUT2D eigenvalue weighted by molar-refractivity contribution is 7.10. The second-order valence-electron chi connectivity index (χ2n) is 8.57. The highest BCUT2D eigenvalue weighted by Gasteiger charge is 2.34. The lowest BCUT2D eigenvalue weighted by Crippen LogP contribution is -2.49. The minimum atomic E-state index is -0.192. The number of thiophene rings is 1. The van der Waals surface area contributed by atoms with Gasteiger partial charge in [0.2, 0.25) is 11.8 Å².